The fourth-order valence-electron chi connectivity index (χ4n) is 2.97. The number of nitrogens with zero attached hydrogens (tertiary/aromatic N) is 2. The molecule has 0 aliphatic carbocycles. The van der Waals surface area contributed by atoms with Crippen LogP contribution in [0.25, 0.3) is 0 Å². The highest BCUT2D eigenvalue weighted by Crippen LogP contribution is 2.31. The van der Waals surface area contributed by atoms with Gasteiger partial charge in [-0.15, -0.1) is 0 Å². The Bertz CT molecular complexity index is 509. The fraction of sp³-hybridized carbons (Fsp3) is 0.643. The van der Waals surface area contributed by atoms with E-state index in [2.05, 4.69) is 15.9 Å². The van der Waals surface area contributed by atoms with Gasteiger partial charge in [0.15, 0.2) is 5.79 Å². The highest BCUT2D eigenvalue weighted by molar-refractivity contribution is 9.10. The Labute approximate surface area is 127 Å². The standard InChI is InChI=1S/C14H19BrN2O3/c1-2-16-9-11(15)8-12(16)13(18)17-5-3-4-14(10-17)19-6-7-20-14/h8-9H,2-7,10H2,1H3. The molecule has 0 atom stereocenters. The van der Waals surface area contributed by atoms with Crippen LogP contribution in [0.2, 0.25) is 0 Å². The molecule has 2 saturated heterocycles. The van der Waals surface area contributed by atoms with Crippen LogP contribution in [0.3, 0.4) is 0 Å². The van der Waals surface area contributed by atoms with Gasteiger partial charge in [0.25, 0.3) is 5.91 Å². The lowest BCUT2D eigenvalue weighted by Gasteiger charge is -2.38. The maximum absolute atomic E-state index is 12.7. The number of piperidine rings is 1. The second-order valence-electron chi connectivity index (χ2n) is 5.27. The summed E-state index contributed by atoms with van der Waals surface area (Å²) in [6, 6.07) is 1.88. The lowest BCUT2D eigenvalue weighted by Crippen LogP contribution is -2.51. The first-order valence-corrected chi connectivity index (χ1v) is 7.86. The van der Waals surface area contributed by atoms with Crippen LogP contribution in [0.15, 0.2) is 16.7 Å². The normalized spacial score (nSPS) is 21.6. The fourth-order valence-corrected chi connectivity index (χ4v) is 3.44. The van der Waals surface area contributed by atoms with E-state index in [0.29, 0.717) is 19.8 Å². The molecule has 5 nitrogen and oxygen atoms in total. The summed E-state index contributed by atoms with van der Waals surface area (Å²) in [7, 11) is 0. The maximum Gasteiger partial charge on any atom is 0.270 e. The number of likely N-dealkylation sites (tertiary alicyclic amines) is 1. The lowest BCUT2D eigenvalue weighted by atomic mass is 10.0. The molecule has 3 heterocycles. The largest absolute Gasteiger partial charge is 0.346 e. The summed E-state index contributed by atoms with van der Waals surface area (Å²) in [5.41, 5.74) is 0.717. The summed E-state index contributed by atoms with van der Waals surface area (Å²) >= 11 is 3.43. The van der Waals surface area contributed by atoms with Gasteiger partial charge in [0, 0.05) is 30.2 Å². The zero-order valence-corrected chi connectivity index (χ0v) is 13.2. The number of halogens is 1. The van der Waals surface area contributed by atoms with Crippen LogP contribution < -0.4 is 0 Å². The SMILES string of the molecule is CCn1cc(Br)cc1C(=O)N1CCCC2(C1)OCCO2. The molecule has 2 fully saturated rings. The third-order valence-corrected chi connectivity index (χ3v) is 4.37. The Morgan fingerprint density at radius 2 is 2.20 bits per heavy atom. The van der Waals surface area contributed by atoms with Crippen molar-refractivity contribution >= 4 is 21.8 Å². The van der Waals surface area contributed by atoms with Gasteiger partial charge in [-0.05, 0) is 35.3 Å². The molecule has 0 saturated carbocycles. The third kappa shape index (κ3) is 2.52. The summed E-state index contributed by atoms with van der Waals surface area (Å²) in [6.07, 6.45) is 3.73. The van der Waals surface area contributed by atoms with Crippen LogP contribution in [0.5, 0.6) is 0 Å². The van der Waals surface area contributed by atoms with E-state index in [4.69, 9.17) is 9.47 Å². The number of carbonyl (C=O) groups excluding carboxylic acids is 1. The average Bonchev–Trinajstić information content (AvgIpc) is 3.05. The van der Waals surface area contributed by atoms with Gasteiger partial charge in [0.2, 0.25) is 0 Å². The molecule has 1 spiro atoms. The van der Waals surface area contributed by atoms with Crippen molar-refractivity contribution in [1.29, 1.82) is 0 Å². The van der Waals surface area contributed by atoms with Crippen LogP contribution in [0.4, 0.5) is 0 Å². The minimum Gasteiger partial charge on any atom is -0.346 e. The van der Waals surface area contributed by atoms with Gasteiger partial charge < -0.3 is 18.9 Å². The van der Waals surface area contributed by atoms with Gasteiger partial charge in [-0.25, -0.2) is 0 Å². The predicted octanol–water partition coefficient (Wildman–Crippen LogP) is 2.25. The van der Waals surface area contributed by atoms with E-state index < -0.39 is 5.79 Å². The van der Waals surface area contributed by atoms with Crippen molar-refractivity contribution in [3.63, 3.8) is 0 Å². The number of hydrogen-bond acceptors (Lipinski definition) is 3. The van der Waals surface area contributed by atoms with Gasteiger partial charge in [0.1, 0.15) is 5.69 Å². The topological polar surface area (TPSA) is 43.7 Å². The molecule has 2 aliphatic rings. The van der Waals surface area contributed by atoms with Crippen LogP contribution >= 0.6 is 15.9 Å². The predicted molar refractivity (Wildman–Crippen MR) is 77.6 cm³/mol. The number of ether oxygens (including phenoxy) is 2. The van der Waals surface area contributed by atoms with Crippen molar-refractivity contribution < 1.29 is 14.3 Å². The molecule has 0 unspecified atom stereocenters. The molecule has 0 aromatic carbocycles. The van der Waals surface area contributed by atoms with E-state index in [1.54, 1.807) is 0 Å². The van der Waals surface area contributed by atoms with Crippen molar-refractivity contribution in [2.24, 2.45) is 0 Å². The summed E-state index contributed by atoms with van der Waals surface area (Å²) < 4.78 is 14.4. The maximum atomic E-state index is 12.7. The van der Waals surface area contributed by atoms with Gasteiger partial charge in [0.05, 0.1) is 19.8 Å². The van der Waals surface area contributed by atoms with E-state index in [1.807, 2.05) is 28.7 Å². The smallest absolute Gasteiger partial charge is 0.270 e. The monoisotopic (exact) mass is 342 g/mol. The van der Waals surface area contributed by atoms with Crippen LogP contribution in [0, 0.1) is 0 Å². The summed E-state index contributed by atoms with van der Waals surface area (Å²) in [5.74, 6) is -0.509. The van der Waals surface area contributed by atoms with E-state index in [1.165, 1.54) is 0 Å². The first-order chi connectivity index (χ1) is 9.63. The molecule has 6 heteroatoms. The highest BCUT2D eigenvalue weighted by Gasteiger charge is 2.42. The molecule has 2 aliphatic heterocycles. The molecule has 0 N–H and O–H groups in total. The molecule has 20 heavy (non-hydrogen) atoms. The Morgan fingerprint density at radius 3 is 2.90 bits per heavy atom. The molecule has 0 bridgehead atoms. The van der Waals surface area contributed by atoms with Crippen molar-refractivity contribution in [2.75, 3.05) is 26.3 Å². The van der Waals surface area contributed by atoms with Gasteiger partial charge in [-0.2, -0.15) is 0 Å². The zero-order valence-electron chi connectivity index (χ0n) is 11.6. The number of hydrogen-bond donors (Lipinski definition) is 0. The highest BCUT2D eigenvalue weighted by atomic mass is 79.9. The summed E-state index contributed by atoms with van der Waals surface area (Å²) in [6.45, 7) is 5.35. The van der Waals surface area contributed by atoms with Gasteiger partial charge >= 0.3 is 0 Å². The van der Waals surface area contributed by atoms with Crippen molar-refractivity contribution in [1.82, 2.24) is 9.47 Å². The van der Waals surface area contributed by atoms with Crippen LogP contribution in [-0.4, -0.2) is 47.5 Å². The molecule has 3 rings (SSSR count). The van der Waals surface area contributed by atoms with Crippen molar-refractivity contribution in [2.45, 2.75) is 32.1 Å². The summed E-state index contributed by atoms with van der Waals surface area (Å²) in [4.78, 5) is 14.6. The molecular formula is C14H19BrN2O3. The van der Waals surface area contributed by atoms with Gasteiger partial charge in [-0.3, -0.25) is 4.79 Å². The number of rotatable bonds is 2. The molecule has 1 amide bonds. The van der Waals surface area contributed by atoms with Crippen molar-refractivity contribution in [3.8, 4) is 0 Å². The molecule has 110 valence electrons. The van der Waals surface area contributed by atoms with Crippen molar-refractivity contribution in [3.05, 3.63) is 22.4 Å². The quantitative estimate of drug-likeness (QED) is 0.827. The van der Waals surface area contributed by atoms with E-state index in [0.717, 1.165) is 36.1 Å². The Hall–Kier alpha value is -0.850. The van der Waals surface area contributed by atoms with E-state index in [-0.39, 0.29) is 5.91 Å². The molecule has 0 radical (unpaired) electrons. The number of amides is 1. The van der Waals surface area contributed by atoms with Gasteiger partial charge in [-0.1, -0.05) is 0 Å². The van der Waals surface area contributed by atoms with Crippen LogP contribution in [0.1, 0.15) is 30.3 Å². The van der Waals surface area contributed by atoms with Crippen LogP contribution in [-0.2, 0) is 16.0 Å². The van der Waals surface area contributed by atoms with E-state index in [9.17, 15) is 4.79 Å². The number of aromatic nitrogens is 1. The second kappa shape index (κ2) is 5.50. The molecule has 1 aromatic rings. The minimum atomic E-state index is -0.561. The number of carbonyl (C=O) groups is 1. The zero-order chi connectivity index (χ0) is 14.2. The molecule has 1 aromatic heterocycles. The third-order valence-electron chi connectivity index (χ3n) is 3.94. The average molecular weight is 343 g/mol. The Morgan fingerprint density at radius 1 is 1.45 bits per heavy atom. The second-order valence-corrected chi connectivity index (χ2v) is 6.18. The first-order valence-electron chi connectivity index (χ1n) is 7.06. The number of aryl methyl sites for hydroxylation is 1. The lowest BCUT2D eigenvalue weighted by molar-refractivity contribution is -0.183. The minimum absolute atomic E-state index is 0.0516. The van der Waals surface area contributed by atoms with E-state index >= 15 is 0 Å². The first kappa shape index (κ1) is 14.1. The summed E-state index contributed by atoms with van der Waals surface area (Å²) in [5, 5.41) is 0. The molecular weight excluding hydrogens is 324 g/mol. The Balaban J connectivity index is 1.79. The Kier molecular flexibility index (Phi) is 3.88.